The molecule has 1 N–H and O–H groups in total. The number of nitro benzene ring substituents is 1. The lowest BCUT2D eigenvalue weighted by Gasteiger charge is -2.11. The maximum absolute atomic E-state index is 12.4. The largest absolute Gasteiger partial charge is 0.461 e. The molecule has 0 aliphatic heterocycles. The fraction of sp³-hybridized carbons (Fsp3) is 0.188. The van der Waals surface area contributed by atoms with E-state index in [2.05, 4.69) is 15.5 Å². The maximum atomic E-state index is 12.4. The van der Waals surface area contributed by atoms with E-state index >= 15 is 0 Å². The van der Waals surface area contributed by atoms with Gasteiger partial charge in [0.1, 0.15) is 5.69 Å². The number of rotatable bonds is 6. The minimum absolute atomic E-state index is 0.156. The van der Waals surface area contributed by atoms with Gasteiger partial charge in [-0.2, -0.15) is 0 Å². The molecule has 134 valence electrons. The molecule has 0 aliphatic rings. The molecular formula is C16H15N5O4S. The van der Waals surface area contributed by atoms with Crippen LogP contribution in [-0.2, 0) is 11.8 Å². The molecule has 26 heavy (non-hydrogen) atoms. The standard InChI is InChI=1S/C16H15N5O4S/c1-10(15(22)17-11-6-3-4-7-12(11)21(23)24)26-16-19-18-14(20(16)2)13-8-5-9-25-13/h3-10H,1-2H3,(H,17,22)/t10-/m1/s1. The zero-order valence-corrected chi connectivity index (χ0v) is 14.8. The molecule has 9 nitrogen and oxygen atoms in total. The average molecular weight is 373 g/mol. The summed E-state index contributed by atoms with van der Waals surface area (Å²) in [6.07, 6.45) is 1.54. The van der Waals surface area contributed by atoms with Crippen LogP contribution in [0.25, 0.3) is 11.6 Å². The van der Waals surface area contributed by atoms with Gasteiger partial charge in [0.05, 0.1) is 16.4 Å². The molecule has 0 bridgehead atoms. The Morgan fingerprint density at radius 2 is 2.08 bits per heavy atom. The van der Waals surface area contributed by atoms with E-state index in [9.17, 15) is 14.9 Å². The van der Waals surface area contributed by atoms with Crippen molar-refractivity contribution in [2.24, 2.45) is 7.05 Å². The van der Waals surface area contributed by atoms with Crippen LogP contribution >= 0.6 is 11.8 Å². The topological polar surface area (TPSA) is 116 Å². The zero-order chi connectivity index (χ0) is 18.7. The van der Waals surface area contributed by atoms with E-state index in [0.717, 1.165) is 0 Å². The first-order valence-electron chi connectivity index (χ1n) is 7.61. The van der Waals surface area contributed by atoms with Crippen LogP contribution in [0, 0.1) is 10.1 Å². The molecule has 10 heteroatoms. The van der Waals surface area contributed by atoms with E-state index in [4.69, 9.17) is 4.42 Å². The highest BCUT2D eigenvalue weighted by Crippen LogP contribution is 2.28. The SMILES string of the molecule is C[C@@H](Sc1nnc(-c2ccco2)n1C)C(=O)Nc1ccccc1[N+](=O)[O-]. The van der Waals surface area contributed by atoms with Crippen LogP contribution in [0.4, 0.5) is 11.4 Å². The Labute approximate surface area is 152 Å². The molecular weight excluding hydrogens is 358 g/mol. The van der Waals surface area contributed by atoms with Crippen LogP contribution in [0.3, 0.4) is 0 Å². The van der Waals surface area contributed by atoms with Crippen molar-refractivity contribution < 1.29 is 14.1 Å². The number of hydrogen-bond donors (Lipinski definition) is 1. The Hall–Kier alpha value is -3.14. The maximum Gasteiger partial charge on any atom is 0.292 e. The van der Waals surface area contributed by atoms with Crippen LogP contribution < -0.4 is 5.32 Å². The number of anilines is 1. The number of thioether (sulfide) groups is 1. The second-order valence-electron chi connectivity index (χ2n) is 5.37. The number of benzene rings is 1. The van der Waals surface area contributed by atoms with Crippen molar-refractivity contribution in [1.29, 1.82) is 0 Å². The number of nitrogens with one attached hydrogen (secondary N) is 1. The summed E-state index contributed by atoms with van der Waals surface area (Å²) in [4.78, 5) is 22.9. The lowest BCUT2D eigenvalue weighted by molar-refractivity contribution is -0.383. The Morgan fingerprint density at radius 1 is 1.31 bits per heavy atom. The number of carbonyl (C=O) groups is 1. The van der Waals surface area contributed by atoms with Gasteiger partial charge in [0.25, 0.3) is 5.69 Å². The summed E-state index contributed by atoms with van der Waals surface area (Å²) in [7, 11) is 1.77. The number of nitro groups is 1. The van der Waals surface area contributed by atoms with Crippen molar-refractivity contribution in [2.45, 2.75) is 17.3 Å². The van der Waals surface area contributed by atoms with Gasteiger partial charge in [-0.3, -0.25) is 14.9 Å². The number of amides is 1. The van der Waals surface area contributed by atoms with Gasteiger partial charge in [0, 0.05) is 13.1 Å². The van der Waals surface area contributed by atoms with Crippen molar-refractivity contribution in [3.63, 3.8) is 0 Å². The molecule has 3 rings (SSSR count). The van der Waals surface area contributed by atoms with Crippen molar-refractivity contribution in [3.8, 4) is 11.6 Å². The molecule has 0 unspecified atom stereocenters. The molecule has 2 aromatic heterocycles. The highest BCUT2D eigenvalue weighted by molar-refractivity contribution is 8.00. The van der Waals surface area contributed by atoms with Crippen LogP contribution in [-0.4, -0.2) is 30.8 Å². The number of carbonyl (C=O) groups excluding carboxylic acids is 1. The summed E-state index contributed by atoms with van der Waals surface area (Å²) in [5.41, 5.74) is 0.000929. The van der Waals surface area contributed by atoms with E-state index in [0.29, 0.717) is 16.7 Å². The van der Waals surface area contributed by atoms with E-state index < -0.39 is 10.2 Å². The molecule has 0 aliphatic carbocycles. The molecule has 2 heterocycles. The zero-order valence-electron chi connectivity index (χ0n) is 13.9. The van der Waals surface area contributed by atoms with Crippen LogP contribution in [0.1, 0.15) is 6.92 Å². The van der Waals surface area contributed by atoms with Crippen molar-refractivity contribution in [1.82, 2.24) is 14.8 Å². The normalized spacial score (nSPS) is 11.9. The lowest BCUT2D eigenvalue weighted by atomic mass is 10.2. The van der Waals surface area contributed by atoms with Gasteiger partial charge in [-0.15, -0.1) is 10.2 Å². The molecule has 0 spiro atoms. The first-order valence-corrected chi connectivity index (χ1v) is 8.49. The van der Waals surface area contributed by atoms with E-state index in [1.54, 1.807) is 49.1 Å². The van der Waals surface area contributed by atoms with E-state index in [1.165, 1.54) is 23.9 Å². The highest BCUT2D eigenvalue weighted by atomic mass is 32.2. The van der Waals surface area contributed by atoms with Gasteiger partial charge < -0.3 is 14.3 Å². The highest BCUT2D eigenvalue weighted by Gasteiger charge is 2.22. The predicted molar refractivity (Wildman–Crippen MR) is 95.8 cm³/mol. The van der Waals surface area contributed by atoms with E-state index in [-0.39, 0.29) is 17.3 Å². The second kappa shape index (κ2) is 7.40. The first kappa shape index (κ1) is 17.7. The van der Waals surface area contributed by atoms with Gasteiger partial charge >= 0.3 is 0 Å². The summed E-state index contributed by atoms with van der Waals surface area (Å²) in [6, 6.07) is 9.51. The number of furan rings is 1. The monoisotopic (exact) mass is 373 g/mol. The van der Waals surface area contributed by atoms with Crippen molar-refractivity contribution >= 4 is 29.0 Å². The number of nitrogens with zero attached hydrogens (tertiary/aromatic N) is 4. The smallest absolute Gasteiger partial charge is 0.292 e. The van der Waals surface area contributed by atoms with Gasteiger partial charge in [0.2, 0.25) is 5.91 Å². The lowest BCUT2D eigenvalue weighted by Crippen LogP contribution is -2.23. The Balaban J connectivity index is 1.72. The number of hydrogen-bond acceptors (Lipinski definition) is 7. The van der Waals surface area contributed by atoms with E-state index in [1.807, 2.05) is 0 Å². The van der Waals surface area contributed by atoms with Crippen LogP contribution in [0.15, 0.2) is 52.2 Å². The third-order valence-corrected chi connectivity index (χ3v) is 4.72. The molecule has 1 aromatic carbocycles. The fourth-order valence-corrected chi connectivity index (χ4v) is 3.04. The minimum Gasteiger partial charge on any atom is -0.461 e. The summed E-state index contributed by atoms with van der Waals surface area (Å²) < 4.78 is 7.03. The summed E-state index contributed by atoms with van der Waals surface area (Å²) >= 11 is 1.20. The van der Waals surface area contributed by atoms with Gasteiger partial charge in [0.15, 0.2) is 16.7 Å². The molecule has 0 saturated carbocycles. The third kappa shape index (κ3) is 3.59. The quantitative estimate of drug-likeness (QED) is 0.401. The third-order valence-electron chi connectivity index (χ3n) is 3.59. The van der Waals surface area contributed by atoms with Gasteiger partial charge in [-0.05, 0) is 25.1 Å². The summed E-state index contributed by atoms with van der Waals surface area (Å²) in [5, 5.41) is 21.8. The van der Waals surface area contributed by atoms with Gasteiger partial charge in [-0.1, -0.05) is 23.9 Å². The van der Waals surface area contributed by atoms with Gasteiger partial charge in [-0.25, -0.2) is 0 Å². The van der Waals surface area contributed by atoms with Crippen molar-refractivity contribution in [2.75, 3.05) is 5.32 Å². The summed E-state index contributed by atoms with van der Waals surface area (Å²) in [6.45, 7) is 1.69. The van der Waals surface area contributed by atoms with Crippen molar-refractivity contribution in [3.05, 3.63) is 52.8 Å². The molecule has 1 atom stereocenters. The molecule has 0 fully saturated rings. The molecule has 0 saturated heterocycles. The van der Waals surface area contributed by atoms with Crippen LogP contribution in [0.2, 0.25) is 0 Å². The average Bonchev–Trinajstić information content (AvgIpc) is 3.25. The second-order valence-corrected chi connectivity index (χ2v) is 6.67. The Morgan fingerprint density at radius 3 is 2.77 bits per heavy atom. The predicted octanol–water partition coefficient (Wildman–Crippen LogP) is 3.10. The number of para-hydroxylation sites is 2. The number of aromatic nitrogens is 3. The minimum atomic E-state index is -0.540. The summed E-state index contributed by atoms with van der Waals surface area (Å²) in [5.74, 6) is 0.750. The Bertz CT molecular complexity index is 938. The fourth-order valence-electron chi connectivity index (χ4n) is 2.22. The first-order chi connectivity index (χ1) is 12.5. The molecule has 3 aromatic rings. The Kier molecular flexibility index (Phi) is 5.03. The molecule has 1 amide bonds. The van der Waals surface area contributed by atoms with Crippen LogP contribution in [0.5, 0.6) is 0 Å². The molecule has 0 radical (unpaired) electrons.